The Morgan fingerprint density at radius 2 is 1.95 bits per heavy atom. The number of rotatable bonds is 3. The van der Waals surface area contributed by atoms with E-state index in [9.17, 15) is 9.59 Å². The molecule has 0 bridgehead atoms. The van der Waals surface area contributed by atoms with Crippen molar-refractivity contribution in [1.29, 1.82) is 0 Å². The summed E-state index contributed by atoms with van der Waals surface area (Å²) in [5.41, 5.74) is 0.560. The smallest absolute Gasteiger partial charge is 0.316 e. The number of Topliss-reactive ketones (excluding diaryl/α,β-unsaturated/α-hetero) is 1. The van der Waals surface area contributed by atoms with E-state index in [1.54, 1.807) is 18.2 Å². The van der Waals surface area contributed by atoms with E-state index >= 15 is 0 Å². The second kappa shape index (κ2) is 4.19. The second-order valence-corrected chi connectivity index (χ2v) is 5.18. The number of aromatic nitrogens is 2. The molecule has 1 aromatic heterocycles. The lowest BCUT2D eigenvalue weighted by Crippen LogP contribution is -2.33. The normalized spacial score (nSPS) is 11.8. The van der Waals surface area contributed by atoms with Gasteiger partial charge in [0.2, 0.25) is 0 Å². The average molecular weight is 260 g/mol. The van der Waals surface area contributed by atoms with Gasteiger partial charge in [-0.2, -0.15) is 0 Å². The molecule has 5 heteroatoms. The summed E-state index contributed by atoms with van der Waals surface area (Å²) in [7, 11) is 1.90. The first kappa shape index (κ1) is 13.3. The van der Waals surface area contributed by atoms with Crippen molar-refractivity contribution in [3.8, 4) is 0 Å². The summed E-state index contributed by atoms with van der Waals surface area (Å²) in [6, 6.07) is 5.09. The lowest BCUT2D eigenvalue weighted by atomic mass is 9.84. The Balaban J connectivity index is 2.53. The highest BCUT2D eigenvalue weighted by molar-refractivity contribution is 6.12. The van der Waals surface area contributed by atoms with Crippen LogP contribution in [0.3, 0.4) is 0 Å². The van der Waals surface area contributed by atoms with Gasteiger partial charge in [0.1, 0.15) is 11.2 Å². The minimum Gasteiger partial charge on any atom is -0.481 e. The average Bonchev–Trinajstić information content (AvgIpc) is 2.63. The van der Waals surface area contributed by atoms with Crippen LogP contribution in [0.4, 0.5) is 0 Å². The van der Waals surface area contributed by atoms with Crippen LogP contribution in [0.5, 0.6) is 0 Å². The van der Waals surface area contributed by atoms with E-state index in [4.69, 9.17) is 5.11 Å². The number of aryl methyl sites for hydroxylation is 2. The Labute approximate surface area is 110 Å². The molecule has 5 nitrogen and oxygen atoms in total. The van der Waals surface area contributed by atoms with Crippen LogP contribution < -0.4 is 0 Å². The Morgan fingerprint density at radius 3 is 2.53 bits per heavy atom. The number of benzene rings is 1. The van der Waals surface area contributed by atoms with Crippen molar-refractivity contribution in [3.05, 3.63) is 29.6 Å². The van der Waals surface area contributed by atoms with E-state index in [1.165, 1.54) is 13.8 Å². The zero-order valence-corrected chi connectivity index (χ0v) is 11.4. The van der Waals surface area contributed by atoms with Crippen LogP contribution in [-0.4, -0.2) is 26.4 Å². The lowest BCUT2D eigenvalue weighted by molar-refractivity contribution is -0.144. The third-order valence-electron chi connectivity index (χ3n) is 3.47. The lowest BCUT2D eigenvalue weighted by Gasteiger charge is -2.17. The zero-order chi connectivity index (χ0) is 14.4. The molecule has 0 radical (unpaired) electrons. The van der Waals surface area contributed by atoms with Crippen LogP contribution >= 0.6 is 0 Å². The molecule has 2 aromatic rings. The van der Waals surface area contributed by atoms with Crippen LogP contribution in [0.15, 0.2) is 18.2 Å². The molecule has 0 saturated carbocycles. The van der Waals surface area contributed by atoms with Crippen LogP contribution in [-0.2, 0) is 11.8 Å². The summed E-state index contributed by atoms with van der Waals surface area (Å²) in [6.07, 6.45) is 0. The van der Waals surface area contributed by atoms with Crippen molar-refractivity contribution >= 4 is 22.8 Å². The summed E-state index contributed by atoms with van der Waals surface area (Å²) in [4.78, 5) is 27.7. The number of hydrogen-bond acceptors (Lipinski definition) is 3. The number of ketones is 1. The van der Waals surface area contributed by atoms with Crippen LogP contribution in [0.2, 0.25) is 0 Å². The maximum Gasteiger partial charge on any atom is 0.316 e. The molecule has 1 N–H and O–H groups in total. The fourth-order valence-corrected chi connectivity index (χ4v) is 1.92. The predicted octanol–water partition coefficient (Wildman–Crippen LogP) is 2.18. The number of aliphatic carboxylic acids is 1. The molecule has 19 heavy (non-hydrogen) atoms. The number of carboxylic acid groups (broad SMARTS) is 1. The Bertz CT molecular complexity index is 683. The van der Waals surface area contributed by atoms with Crippen LogP contribution in [0.25, 0.3) is 11.0 Å². The number of nitrogens with zero attached hydrogens (tertiary/aromatic N) is 2. The van der Waals surface area contributed by atoms with Crippen LogP contribution in [0.1, 0.15) is 30.0 Å². The topological polar surface area (TPSA) is 72.2 Å². The summed E-state index contributed by atoms with van der Waals surface area (Å²) < 4.78 is 1.92. The SMILES string of the molecule is Cc1nc2cc(C(=O)C(C)(C)C(=O)O)ccc2n1C. The standard InChI is InChI=1S/C14H16N2O3/c1-8-15-10-7-9(5-6-11(10)16(8)4)12(17)14(2,3)13(18)19/h5-7H,1-4H3,(H,18,19). The molecule has 0 aliphatic heterocycles. The summed E-state index contributed by atoms with van der Waals surface area (Å²) in [6.45, 7) is 4.69. The van der Waals surface area contributed by atoms with Gasteiger partial charge in [0.05, 0.1) is 11.0 Å². The van der Waals surface area contributed by atoms with Gasteiger partial charge in [0.25, 0.3) is 0 Å². The third kappa shape index (κ3) is 2.01. The molecule has 0 atom stereocenters. The quantitative estimate of drug-likeness (QED) is 0.678. The molecule has 1 aromatic carbocycles. The van der Waals surface area contributed by atoms with Gasteiger partial charge in [-0.25, -0.2) is 4.98 Å². The Hall–Kier alpha value is -2.17. The zero-order valence-electron chi connectivity index (χ0n) is 11.4. The molecule has 0 fully saturated rings. The monoisotopic (exact) mass is 260 g/mol. The minimum atomic E-state index is -1.43. The Morgan fingerprint density at radius 1 is 1.32 bits per heavy atom. The van der Waals surface area contributed by atoms with E-state index < -0.39 is 17.2 Å². The highest BCUT2D eigenvalue weighted by Gasteiger charge is 2.36. The molecule has 0 unspecified atom stereocenters. The maximum atomic E-state index is 12.2. The van der Waals surface area contributed by atoms with Crippen molar-refractivity contribution in [2.75, 3.05) is 0 Å². The van der Waals surface area contributed by atoms with Gasteiger partial charge in [0, 0.05) is 12.6 Å². The van der Waals surface area contributed by atoms with Crippen molar-refractivity contribution in [1.82, 2.24) is 9.55 Å². The predicted molar refractivity (Wildman–Crippen MR) is 71.2 cm³/mol. The van der Waals surface area contributed by atoms with Crippen molar-refractivity contribution in [3.63, 3.8) is 0 Å². The minimum absolute atomic E-state index is 0.373. The summed E-state index contributed by atoms with van der Waals surface area (Å²) in [5.74, 6) is -0.697. The van der Waals surface area contributed by atoms with E-state index in [0.29, 0.717) is 11.1 Å². The first-order valence-electron chi connectivity index (χ1n) is 5.96. The van der Waals surface area contributed by atoms with Crippen molar-refractivity contribution < 1.29 is 14.7 Å². The molecule has 1 heterocycles. The number of fused-ring (bicyclic) bond motifs is 1. The van der Waals surface area contributed by atoms with E-state index in [2.05, 4.69) is 4.98 Å². The second-order valence-electron chi connectivity index (χ2n) is 5.18. The van der Waals surface area contributed by atoms with Gasteiger partial charge in [0.15, 0.2) is 5.78 Å². The van der Waals surface area contributed by atoms with Gasteiger partial charge in [-0.05, 0) is 39.0 Å². The van der Waals surface area contributed by atoms with Crippen LogP contribution in [0, 0.1) is 12.3 Å². The Kier molecular flexibility index (Phi) is 2.92. The highest BCUT2D eigenvalue weighted by atomic mass is 16.4. The van der Waals surface area contributed by atoms with E-state index in [-0.39, 0.29) is 0 Å². The molecular weight excluding hydrogens is 244 g/mol. The summed E-state index contributed by atoms with van der Waals surface area (Å²) in [5, 5.41) is 9.09. The number of imidazole rings is 1. The van der Waals surface area contributed by atoms with Gasteiger partial charge in [-0.3, -0.25) is 9.59 Å². The number of carbonyl (C=O) groups excluding carboxylic acids is 1. The number of carbonyl (C=O) groups is 2. The van der Waals surface area contributed by atoms with Gasteiger partial charge in [-0.15, -0.1) is 0 Å². The van der Waals surface area contributed by atoms with Crippen molar-refractivity contribution in [2.24, 2.45) is 12.5 Å². The van der Waals surface area contributed by atoms with E-state index in [0.717, 1.165) is 11.3 Å². The fourth-order valence-electron chi connectivity index (χ4n) is 1.92. The number of carboxylic acids is 1. The molecule has 0 spiro atoms. The highest BCUT2D eigenvalue weighted by Crippen LogP contribution is 2.24. The third-order valence-corrected chi connectivity index (χ3v) is 3.47. The fraction of sp³-hybridized carbons (Fsp3) is 0.357. The first-order chi connectivity index (χ1) is 8.75. The first-order valence-corrected chi connectivity index (χ1v) is 5.96. The van der Waals surface area contributed by atoms with Gasteiger partial charge < -0.3 is 9.67 Å². The van der Waals surface area contributed by atoms with Crippen molar-refractivity contribution in [2.45, 2.75) is 20.8 Å². The van der Waals surface area contributed by atoms with Gasteiger partial charge in [-0.1, -0.05) is 0 Å². The molecule has 0 amide bonds. The van der Waals surface area contributed by atoms with E-state index in [1.807, 2.05) is 18.5 Å². The number of hydrogen-bond donors (Lipinski definition) is 1. The molecule has 100 valence electrons. The molecule has 2 rings (SSSR count). The molecular formula is C14H16N2O3. The maximum absolute atomic E-state index is 12.2. The largest absolute Gasteiger partial charge is 0.481 e. The molecule has 0 saturated heterocycles. The molecule has 0 aliphatic rings. The molecule has 0 aliphatic carbocycles. The summed E-state index contributed by atoms with van der Waals surface area (Å²) >= 11 is 0. The van der Waals surface area contributed by atoms with Gasteiger partial charge >= 0.3 is 5.97 Å².